The molecule has 2 heterocycles. The minimum Gasteiger partial charge on any atom is -0.472 e. The highest BCUT2D eigenvalue weighted by Crippen LogP contribution is 2.28. The van der Waals surface area contributed by atoms with Gasteiger partial charge in [-0.3, -0.25) is 0 Å². The second kappa shape index (κ2) is 6.04. The number of ether oxygens (including phenoxy) is 1. The van der Waals surface area contributed by atoms with Crippen molar-refractivity contribution in [2.45, 2.75) is 25.0 Å². The number of rotatable bonds is 4. The topological polar surface area (TPSA) is 34.4 Å². The molecule has 1 fully saturated rings. The van der Waals surface area contributed by atoms with Crippen molar-refractivity contribution in [1.82, 2.24) is 5.32 Å². The van der Waals surface area contributed by atoms with Crippen molar-refractivity contribution in [3.63, 3.8) is 0 Å². The van der Waals surface area contributed by atoms with Crippen LogP contribution in [0.1, 0.15) is 23.5 Å². The van der Waals surface area contributed by atoms with Gasteiger partial charge in [0.25, 0.3) is 0 Å². The summed E-state index contributed by atoms with van der Waals surface area (Å²) in [6, 6.07) is 12.4. The number of furan rings is 1. The summed E-state index contributed by atoms with van der Waals surface area (Å²) in [7, 11) is 0. The average Bonchev–Trinajstić information content (AvgIpc) is 3.01. The lowest BCUT2D eigenvalue weighted by atomic mass is 9.89. The van der Waals surface area contributed by atoms with Crippen LogP contribution in [0.5, 0.6) is 0 Å². The average molecular weight is 257 g/mol. The van der Waals surface area contributed by atoms with Crippen molar-refractivity contribution < 1.29 is 9.15 Å². The van der Waals surface area contributed by atoms with Gasteiger partial charge in [0.2, 0.25) is 0 Å². The van der Waals surface area contributed by atoms with Crippen molar-refractivity contribution in [3.8, 4) is 0 Å². The van der Waals surface area contributed by atoms with E-state index in [4.69, 9.17) is 9.15 Å². The van der Waals surface area contributed by atoms with Crippen molar-refractivity contribution >= 4 is 0 Å². The highest BCUT2D eigenvalue weighted by Gasteiger charge is 2.27. The van der Waals surface area contributed by atoms with E-state index < -0.39 is 0 Å². The molecule has 0 amide bonds. The molecule has 3 rings (SSSR count). The fraction of sp³-hybridized carbons (Fsp3) is 0.375. The summed E-state index contributed by atoms with van der Waals surface area (Å²) in [5, 5.41) is 3.41. The van der Waals surface area contributed by atoms with E-state index >= 15 is 0 Å². The van der Waals surface area contributed by atoms with Crippen LogP contribution < -0.4 is 5.32 Å². The molecule has 2 atom stereocenters. The van der Waals surface area contributed by atoms with Gasteiger partial charge in [0, 0.05) is 12.5 Å². The van der Waals surface area contributed by atoms with Crippen LogP contribution >= 0.6 is 0 Å². The SMILES string of the molecule is c1ccc(COC2CNCCC2c2ccoc2)cc1. The van der Waals surface area contributed by atoms with Gasteiger partial charge in [0.15, 0.2) is 0 Å². The van der Waals surface area contributed by atoms with Gasteiger partial charge in [-0.2, -0.15) is 0 Å². The quantitative estimate of drug-likeness (QED) is 0.914. The van der Waals surface area contributed by atoms with Gasteiger partial charge in [-0.05, 0) is 30.2 Å². The van der Waals surface area contributed by atoms with Gasteiger partial charge in [0.05, 0.1) is 25.2 Å². The largest absolute Gasteiger partial charge is 0.472 e. The molecule has 1 aliphatic heterocycles. The van der Waals surface area contributed by atoms with Crippen molar-refractivity contribution in [2.24, 2.45) is 0 Å². The van der Waals surface area contributed by atoms with E-state index in [1.165, 1.54) is 11.1 Å². The van der Waals surface area contributed by atoms with Crippen LogP contribution in [0.4, 0.5) is 0 Å². The Labute approximate surface area is 113 Å². The van der Waals surface area contributed by atoms with E-state index in [1.54, 1.807) is 6.26 Å². The van der Waals surface area contributed by atoms with E-state index in [1.807, 2.05) is 24.5 Å². The molecule has 1 N–H and O–H groups in total. The summed E-state index contributed by atoms with van der Waals surface area (Å²) in [5.41, 5.74) is 2.47. The van der Waals surface area contributed by atoms with Gasteiger partial charge in [0.1, 0.15) is 0 Å². The van der Waals surface area contributed by atoms with Gasteiger partial charge < -0.3 is 14.5 Å². The summed E-state index contributed by atoms with van der Waals surface area (Å²) in [6.45, 7) is 2.62. The number of benzene rings is 1. The predicted octanol–water partition coefficient (Wildman–Crippen LogP) is 2.94. The number of hydrogen-bond acceptors (Lipinski definition) is 3. The van der Waals surface area contributed by atoms with E-state index in [9.17, 15) is 0 Å². The second-order valence-electron chi connectivity index (χ2n) is 4.99. The van der Waals surface area contributed by atoms with Crippen LogP contribution in [-0.2, 0) is 11.3 Å². The summed E-state index contributed by atoms with van der Waals surface area (Å²) in [4.78, 5) is 0. The standard InChI is InChI=1S/C16H19NO2/c1-2-4-13(5-3-1)11-19-16-10-17-8-6-15(16)14-7-9-18-12-14/h1-5,7,9,12,15-17H,6,8,10-11H2. The molecule has 2 unspecified atom stereocenters. The highest BCUT2D eigenvalue weighted by atomic mass is 16.5. The summed E-state index contributed by atoms with van der Waals surface area (Å²) < 4.78 is 11.3. The predicted molar refractivity (Wildman–Crippen MR) is 74.0 cm³/mol. The van der Waals surface area contributed by atoms with E-state index in [0.717, 1.165) is 19.5 Å². The lowest BCUT2D eigenvalue weighted by molar-refractivity contribution is 0.0105. The Balaban J connectivity index is 1.64. The molecule has 1 aliphatic rings. The zero-order valence-electron chi connectivity index (χ0n) is 10.9. The fourth-order valence-electron chi connectivity index (χ4n) is 2.65. The first kappa shape index (κ1) is 12.5. The summed E-state index contributed by atoms with van der Waals surface area (Å²) in [6.07, 6.45) is 4.89. The Hall–Kier alpha value is -1.58. The van der Waals surface area contributed by atoms with E-state index in [0.29, 0.717) is 12.5 Å². The third-order valence-electron chi connectivity index (χ3n) is 3.70. The van der Waals surface area contributed by atoms with Crippen molar-refractivity contribution in [3.05, 3.63) is 60.1 Å². The normalized spacial score (nSPS) is 23.4. The maximum Gasteiger partial charge on any atom is 0.0938 e. The molecule has 3 nitrogen and oxygen atoms in total. The molecule has 3 heteroatoms. The van der Waals surface area contributed by atoms with Gasteiger partial charge in [-0.15, -0.1) is 0 Å². The Morgan fingerprint density at radius 2 is 2.11 bits per heavy atom. The molecule has 19 heavy (non-hydrogen) atoms. The van der Waals surface area contributed by atoms with Gasteiger partial charge >= 0.3 is 0 Å². The van der Waals surface area contributed by atoms with Crippen LogP contribution in [0.15, 0.2) is 53.3 Å². The van der Waals surface area contributed by atoms with Crippen LogP contribution in [0, 0.1) is 0 Å². The third-order valence-corrected chi connectivity index (χ3v) is 3.70. The van der Waals surface area contributed by atoms with Crippen LogP contribution in [0.3, 0.4) is 0 Å². The van der Waals surface area contributed by atoms with Crippen LogP contribution in [0.2, 0.25) is 0 Å². The first-order chi connectivity index (χ1) is 9.43. The molecular weight excluding hydrogens is 238 g/mol. The Morgan fingerprint density at radius 3 is 2.89 bits per heavy atom. The zero-order chi connectivity index (χ0) is 12.9. The maximum absolute atomic E-state index is 6.10. The molecule has 0 bridgehead atoms. The minimum atomic E-state index is 0.214. The van der Waals surface area contributed by atoms with Gasteiger partial charge in [-0.1, -0.05) is 30.3 Å². The number of hydrogen-bond donors (Lipinski definition) is 1. The van der Waals surface area contributed by atoms with Crippen LogP contribution in [0.25, 0.3) is 0 Å². The zero-order valence-corrected chi connectivity index (χ0v) is 10.9. The molecule has 1 aromatic heterocycles. The van der Waals surface area contributed by atoms with Crippen molar-refractivity contribution in [2.75, 3.05) is 13.1 Å². The molecular formula is C16H19NO2. The second-order valence-corrected chi connectivity index (χ2v) is 4.99. The van der Waals surface area contributed by atoms with Gasteiger partial charge in [-0.25, -0.2) is 0 Å². The maximum atomic E-state index is 6.10. The molecule has 100 valence electrons. The first-order valence-electron chi connectivity index (χ1n) is 6.82. The van der Waals surface area contributed by atoms with Crippen LogP contribution in [-0.4, -0.2) is 19.2 Å². The first-order valence-corrected chi connectivity index (χ1v) is 6.82. The Bertz CT molecular complexity index is 481. The minimum absolute atomic E-state index is 0.214. The molecule has 1 aromatic carbocycles. The molecule has 0 radical (unpaired) electrons. The number of piperidine rings is 1. The monoisotopic (exact) mass is 257 g/mol. The lowest BCUT2D eigenvalue weighted by Crippen LogP contribution is -2.40. The Morgan fingerprint density at radius 1 is 1.21 bits per heavy atom. The molecule has 1 saturated heterocycles. The van der Waals surface area contributed by atoms with E-state index in [2.05, 4.69) is 23.5 Å². The molecule has 0 saturated carbocycles. The Kier molecular flexibility index (Phi) is 3.96. The van der Waals surface area contributed by atoms with Crippen molar-refractivity contribution in [1.29, 1.82) is 0 Å². The molecule has 0 spiro atoms. The summed E-state index contributed by atoms with van der Waals surface area (Å²) >= 11 is 0. The van der Waals surface area contributed by atoms with E-state index in [-0.39, 0.29) is 6.10 Å². The third kappa shape index (κ3) is 3.06. The fourth-order valence-corrected chi connectivity index (χ4v) is 2.65. The lowest BCUT2D eigenvalue weighted by Gasteiger charge is -2.31. The molecule has 2 aromatic rings. The number of nitrogens with one attached hydrogen (secondary N) is 1. The smallest absolute Gasteiger partial charge is 0.0938 e. The highest BCUT2D eigenvalue weighted by molar-refractivity contribution is 5.17. The molecule has 0 aliphatic carbocycles. The summed E-state index contributed by atoms with van der Waals surface area (Å²) in [5.74, 6) is 0.434.